The van der Waals surface area contributed by atoms with Gasteiger partial charge in [0, 0.05) is 19.6 Å². The number of amides is 2. The number of hydrogen-bond acceptors (Lipinski definition) is 4. The van der Waals surface area contributed by atoms with Crippen LogP contribution in [0.2, 0.25) is 0 Å². The molecule has 3 rings (SSSR count). The summed E-state index contributed by atoms with van der Waals surface area (Å²) in [6.07, 6.45) is 2.09. The van der Waals surface area contributed by atoms with Crippen LogP contribution >= 0.6 is 0 Å². The van der Waals surface area contributed by atoms with Gasteiger partial charge in [-0.2, -0.15) is 0 Å². The van der Waals surface area contributed by atoms with Crippen molar-refractivity contribution in [3.05, 3.63) is 23.3 Å². The first-order valence-corrected chi connectivity index (χ1v) is 10.2. The van der Waals surface area contributed by atoms with Gasteiger partial charge in [-0.15, -0.1) is 0 Å². The van der Waals surface area contributed by atoms with Crippen LogP contribution in [0.25, 0.3) is 0 Å². The number of fused-ring (bicyclic) bond motifs is 2. The third kappa shape index (κ3) is 4.10. The van der Waals surface area contributed by atoms with Gasteiger partial charge in [-0.3, -0.25) is 4.79 Å². The highest BCUT2D eigenvalue weighted by atomic mass is 16.6. The lowest BCUT2D eigenvalue weighted by Crippen LogP contribution is -2.52. The van der Waals surface area contributed by atoms with Gasteiger partial charge in [-0.1, -0.05) is 6.92 Å². The second kappa shape index (κ2) is 7.30. The van der Waals surface area contributed by atoms with Crippen LogP contribution in [0.15, 0.2) is 12.1 Å². The molecule has 154 valence electrons. The molecule has 0 fully saturated rings. The highest BCUT2D eigenvalue weighted by Crippen LogP contribution is 2.40. The van der Waals surface area contributed by atoms with Crippen molar-refractivity contribution in [2.45, 2.75) is 72.0 Å². The SMILES string of the molecule is CCCN1C(=O)C(C)(C)Oc2cc3c(cc21)CCN(C(=O)OC(C)(C)C)CC3. The summed E-state index contributed by atoms with van der Waals surface area (Å²) < 4.78 is 11.6. The number of carbonyl (C=O) groups is 2. The van der Waals surface area contributed by atoms with E-state index in [1.165, 1.54) is 11.1 Å². The molecule has 0 saturated heterocycles. The molecule has 0 saturated carbocycles. The molecule has 0 bridgehead atoms. The van der Waals surface area contributed by atoms with Crippen LogP contribution < -0.4 is 9.64 Å². The van der Waals surface area contributed by atoms with Crippen molar-refractivity contribution in [3.8, 4) is 5.75 Å². The largest absolute Gasteiger partial charge is 0.476 e. The summed E-state index contributed by atoms with van der Waals surface area (Å²) in [6, 6.07) is 4.13. The predicted molar refractivity (Wildman–Crippen MR) is 109 cm³/mol. The highest BCUT2D eigenvalue weighted by Gasteiger charge is 2.41. The minimum Gasteiger partial charge on any atom is -0.476 e. The molecule has 6 nitrogen and oxygen atoms in total. The van der Waals surface area contributed by atoms with Crippen molar-refractivity contribution in [1.29, 1.82) is 0 Å². The Kier molecular flexibility index (Phi) is 5.34. The Hall–Kier alpha value is -2.24. The molecule has 0 unspecified atom stereocenters. The Morgan fingerprint density at radius 3 is 2.36 bits per heavy atom. The van der Waals surface area contributed by atoms with E-state index in [-0.39, 0.29) is 12.0 Å². The second-order valence-electron chi connectivity index (χ2n) is 9.13. The Morgan fingerprint density at radius 2 is 1.79 bits per heavy atom. The Balaban J connectivity index is 1.87. The number of ether oxygens (including phenoxy) is 2. The fraction of sp³-hybridized carbons (Fsp3) is 0.636. The topological polar surface area (TPSA) is 59.1 Å². The molecular formula is C22H32N2O4. The fourth-order valence-corrected chi connectivity index (χ4v) is 3.74. The molecule has 0 aliphatic carbocycles. The Labute approximate surface area is 167 Å². The summed E-state index contributed by atoms with van der Waals surface area (Å²) in [4.78, 5) is 28.9. The minimum atomic E-state index is -0.871. The number of benzene rings is 1. The molecule has 2 amide bonds. The highest BCUT2D eigenvalue weighted by molar-refractivity contribution is 6.02. The van der Waals surface area contributed by atoms with Crippen LogP contribution in [-0.4, -0.2) is 47.7 Å². The van der Waals surface area contributed by atoms with Crippen LogP contribution in [-0.2, 0) is 22.4 Å². The molecule has 0 spiro atoms. The summed E-state index contributed by atoms with van der Waals surface area (Å²) in [6.45, 7) is 13.2. The minimum absolute atomic E-state index is 0.00852. The first-order chi connectivity index (χ1) is 13.0. The molecule has 0 radical (unpaired) electrons. The predicted octanol–water partition coefficient (Wildman–Crippen LogP) is 3.94. The van der Waals surface area contributed by atoms with Crippen molar-refractivity contribution < 1.29 is 19.1 Å². The number of rotatable bonds is 2. The maximum atomic E-state index is 12.8. The van der Waals surface area contributed by atoms with Gasteiger partial charge in [0.05, 0.1) is 5.69 Å². The zero-order chi connectivity index (χ0) is 20.7. The molecule has 1 aromatic rings. The normalized spacial score (nSPS) is 18.7. The smallest absolute Gasteiger partial charge is 0.410 e. The third-order valence-electron chi connectivity index (χ3n) is 5.10. The average molecular weight is 389 g/mol. The fourth-order valence-electron chi connectivity index (χ4n) is 3.74. The summed E-state index contributed by atoms with van der Waals surface area (Å²) in [7, 11) is 0. The van der Waals surface area contributed by atoms with Crippen molar-refractivity contribution >= 4 is 17.7 Å². The third-order valence-corrected chi connectivity index (χ3v) is 5.10. The summed E-state index contributed by atoms with van der Waals surface area (Å²) in [5.41, 5.74) is 1.81. The van der Waals surface area contributed by atoms with Gasteiger partial charge in [0.15, 0.2) is 5.60 Å². The van der Waals surface area contributed by atoms with Crippen molar-refractivity contribution in [3.63, 3.8) is 0 Å². The monoisotopic (exact) mass is 388 g/mol. The summed E-state index contributed by atoms with van der Waals surface area (Å²) in [5.74, 6) is 0.744. The van der Waals surface area contributed by atoms with Gasteiger partial charge in [0.1, 0.15) is 11.4 Å². The Morgan fingerprint density at radius 1 is 1.18 bits per heavy atom. The first-order valence-electron chi connectivity index (χ1n) is 10.2. The average Bonchev–Trinajstić information content (AvgIpc) is 2.78. The van der Waals surface area contributed by atoms with Crippen LogP contribution in [0.5, 0.6) is 5.75 Å². The number of anilines is 1. The lowest BCUT2D eigenvalue weighted by molar-refractivity contribution is -0.132. The summed E-state index contributed by atoms with van der Waals surface area (Å²) >= 11 is 0. The van der Waals surface area contributed by atoms with E-state index < -0.39 is 11.2 Å². The van der Waals surface area contributed by atoms with Crippen molar-refractivity contribution in [2.24, 2.45) is 0 Å². The zero-order valence-electron chi connectivity index (χ0n) is 17.9. The molecule has 2 aliphatic heterocycles. The molecule has 0 N–H and O–H groups in total. The molecule has 28 heavy (non-hydrogen) atoms. The van der Waals surface area contributed by atoms with Gasteiger partial charge < -0.3 is 19.3 Å². The first kappa shape index (κ1) is 20.5. The van der Waals surface area contributed by atoms with Crippen LogP contribution in [0.3, 0.4) is 0 Å². The van der Waals surface area contributed by atoms with Gasteiger partial charge >= 0.3 is 6.09 Å². The Bertz CT molecular complexity index is 779. The van der Waals surface area contributed by atoms with E-state index in [4.69, 9.17) is 9.47 Å². The van der Waals surface area contributed by atoms with Crippen LogP contribution in [0, 0.1) is 0 Å². The second-order valence-corrected chi connectivity index (χ2v) is 9.13. The maximum Gasteiger partial charge on any atom is 0.410 e. The molecule has 0 aromatic heterocycles. The van der Waals surface area contributed by atoms with E-state index in [1.54, 1.807) is 4.90 Å². The summed E-state index contributed by atoms with van der Waals surface area (Å²) in [5, 5.41) is 0. The molecule has 1 aromatic carbocycles. The van der Waals surface area contributed by atoms with E-state index in [0.29, 0.717) is 19.6 Å². The van der Waals surface area contributed by atoms with Gasteiger partial charge in [0.2, 0.25) is 0 Å². The van der Waals surface area contributed by atoms with Crippen molar-refractivity contribution in [2.75, 3.05) is 24.5 Å². The van der Waals surface area contributed by atoms with E-state index >= 15 is 0 Å². The molecule has 2 aliphatic rings. The van der Waals surface area contributed by atoms with Crippen LogP contribution in [0.1, 0.15) is 59.1 Å². The standard InChI is InChI=1S/C22H32N2O4/c1-7-10-24-17-13-15-8-11-23(20(26)28-21(2,3)4)12-9-16(15)14-18(17)27-22(5,6)19(24)25/h13-14H,7-12H2,1-6H3. The van der Waals surface area contributed by atoms with E-state index in [1.807, 2.05) is 39.5 Å². The van der Waals surface area contributed by atoms with E-state index in [9.17, 15) is 9.59 Å². The lowest BCUT2D eigenvalue weighted by atomic mass is 9.97. The van der Waals surface area contributed by atoms with Gasteiger partial charge in [-0.25, -0.2) is 4.79 Å². The molecule has 2 heterocycles. The van der Waals surface area contributed by atoms with Gasteiger partial charge in [0.25, 0.3) is 5.91 Å². The molecule has 0 atom stereocenters. The number of hydrogen-bond donors (Lipinski definition) is 0. The van der Waals surface area contributed by atoms with E-state index in [2.05, 4.69) is 19.1 Å². The molecular weight excluding hydrogens is 356 g/mol. The van der Waals surface area contributed by atoms with Gasteiger partial charge in [-0.05, 0) is 77.1 Å². The number of nitrogens with zero attached hydrogens (tertiary/aromatic N) is 2. The van der Waals surface area contributed by atoms with Crippen molar-refractivity contribution in [1.82, 2.24) is 4.90 Å². The number of carbonyl (C=O) groups excluding carboxylic acids is 2. The molecule has 6 heteroatoms. The quantitative estimate of drug-likeness (QED) is 0.770. The zero-order valence-corrected chi connectivity index (χ0v) is 17.9. The maximum absolute atomic E-state index is 12.8. The van der Waals surface area contributed by atoms with Crippen LogP contribution in [0.4, 0.5) is 10.5 Å². The lowest BCUT2D eigenvalue weighted by Gasteiger charge is -2.39. The van der Waals surface area contributed by atoms with E-state index in [0.717, 1.165) is 30.7 Å².